The SMILES string of the molecule is Cc1c(-c2ccc(F)cc2F)cc2ccccc2c1-c1c(C)c(-c2ccc(F)cc2F)cc2ccccc12. The molecule has 6 aromatic carbocycles. The Hall–Kier alpha value is -4.44. The van der Waals surface area contributed by atoms with E-state index in [1.54, 1.807) is 0 Å². The summed E-state index contributed by atoms with van der Waals surface area (Å²) >= 11 is 0. The molecule has 0 atom stereocenters. The van der Waals surface area contributed by atoms with E-state index in [2.05, 4.69) is 0 Å². The average Bonchev–Trinajstić information content (AvgIpc) is 2.89. The van der Waals surface area contributed by atoms with Crippen LogP contribution in [0.4, 0.5) is 17.6 Å². The fourth-order valence-corrected chi connectivity index (χ4v) is 5.52. The Balaban J connectivity index is 1.77. The lowest BCUT2D eigenvalue weighted by atomic mass is 9.82. The van der Waals surface area contributed by atoms with Crippen LogP contribution in [0.2, 0.25) is 0 Å². The van der Waals surface area contributed by atoms with Gasteiger partial charge in [-0.2, -0.15) is 0 Å². The minimum Gasteiger partial charge on any atom is -0.207 e. The van der Waals surface area contributed by atoms with E-state index in [9.17, 15) is 8.78 Å². The second-order valence-corrected chi connectivity index (χ2v) is 9.54. The summed E-state index contributed by atoms with van der Waals surface area (Å²) in [6.07, 6.45) is 0. The van der Waals surface area contributed by atoms with Crippen molar-refractivity contribution in [2.24, 2.45) is 0 Å². The Labute approximate surface area is 217 Å². The second kappa shape index (κ2) is 9.14. The molecule has 186 valence electrons. The van der Waals surface area contributed by atoms with E-state index in [0.29, 0.717) is 22.3 Å². The summed E-state index contributed by atoms with van der Waals surface area (Å²) in [5.41, 5.74) is 5.33. The van der Waals surface area contributed by atoms with Crippen LogP contribution in [0.3, 0.4) is 0 Å². The summed E-state index contributed by atoms with van der Waals surface area (Å²) in [6, 6.07) is 26.7. The van der Waals surface area contributed by atoms with E-state index < -0.39 is 23.3 Å². The predicted molar refractivity (Wildman–Crippen MR) is 147 cm³/mol. The molecule has 0 bridgehead atoms. The molecule has 0 amide bonds. The van der Waals surface area contributed by atoms with Gasteiger partial charge in [-0.15, -0.1) is 0 Å². The fraction of sp³-hybridized carbons (Fsp3) is 0.0588. The van der Waals surface area contributed by atoms with E-state index in [1.165, 1.54) is 24.3 Å². The molecule has 0 spiro atoms. The lowest BCUT2D eigenvalue weighted by molar-refractivity contribution is 0.585. The molecule has 0 aliphatic rings. The monoisotopic (exact) mass is 506 g/mol. The molecule has 0 nitrogen and oxygen atoms in total. The first-order chi connectivity index (χ1) is 18.3. The van der Waals surface area contributed by atoms with E-state index >= 15 is 8.78 Å². The normalized spacial score (nSPS) is 11.4. The van der Waals surface area contributed by atoms with Crippen LogP contribution >= 0.6 is 0 Å². The minimum atomic E-state index is -0.641. The smallest absolute Gasteiger partial charge is 0.133 e. The maximum atomic E-state index is 15.0. The number of benzene rings is 6. The van der Waals surface area contributed by atoms with Crippen LogP contribution in [0.25, 0.3) is 54.9 Å². The van der Waals surface area contributed by atoms with Crippen LogP contribution < -0.4 is 0 Å². The van der Waals surface area contributed by atoms with Crippen LogP contribution in [0, 0.1) is 37.1 Å². The van der Waals surface area contributed by atoms with Crippen LogP contribution in [-0.4, -0.2) is 0 Å². The van der Waals surface area contributed by atoms with Crippen LogP contribution in [0.1, 0.15) is 11.1 Å². The molecule has 0 saturated heterocycles. The second-order valence-electron chi connectivity index (χ2n) is 9.54. The first kappa shape index (κ1) is 23.9. The van der Waals surface area contributed by atoms with Crippen LogP contribution in [0.15, 0.2) is 97.1 Å². The van der Waals surface area contributed by atoms with Gasteiger partial charge < -0.3 is 0 Å². The third-order valence-electron chi connectivity index (χ3n) is 7.31. The highest BCUT2D eigenvalue weighted by Gasteiger charge is 2.22. The lowest BCUT2D eigenvalue weighted by Crippen LogP contribution is -1.98. The Morgan fingerprint density at radius 3 is 1.21 bits per heavy atom. The van der Waals surface area contributed by atoms with Crippen molar-refractivity contribution in [3.8, 4) is 33.4 Å². The van der Waals surface area contributed by atoms with Crippen molar-refractivity contribution in [3.63, 3.8) is 0 Å². The van der Waals surface area contributed by atoms with Gasteiger partial charge in [0.15, 0.2) is 0 Å². The van der Waals surface area contributed by atoms with Crippen molar-refractivity contribution in [2.45, 2.75) is 13.8 Å². The quantitative estimate of drug-likeness (QED) is 0.210. The molecular weight excluding hydrogens is 484 g/mol. The molecule has 0 aliphatic heterocycles. The molecule has 0 N–H and O–H groups in total. The third kappa shape index (κ3) is 3.84. The molecule has 0 heterocycles. The molecule has 0 saturated carbocycles. The van der Waals surface area contributed by atoms with Crippen molar-refractivity contribution >= 4 is 21.5 Å². The van der Waals surface area contributed by atoms with Gasteiger partial charge in [0.25, 0.3) is 0 Å². The topological polar surface area (TPSA) is 0 Å². The summed E-state index contributed by atoms with van der Waals surface area (Å²) in [5.74, 6) is -2.56. The minimum absolute atomic E-state index is 0.304. The van der Waals surface area contributed by atoms with E-state index in [0.717, 1.165) is 55.9 Å². The van der Waals surface area contributed by atoms with Gasteiger partial charge in [0.2, 0.25) is 0 Å². The molecular formula is C34H22F4. The van der Waals surface area contributed by atoms with Crippen molar-refractivity contribution in [1.29, 1.82) is 0 Å². The zero-order chi connectivity index (χ0) is 26.6. The Bertz CT molecular complexity index is 1750. The summed E-state index contributed by atoms with van der Waals surface area (Å²) < 4.78 is 57.6. The van der Waals surface area contributed by atoms with E-state index in [4.69, 9.17) is 0 Å². The van der Waals surface area contributed by atoms with Gasteiger partial charge in [0, 0.05) is 23.3 Å². The highest BCUT2D eigenvalue weighted by atomic mass is 19.1. The standard InChI is InChI=1S/C34H22F4/c1-19-29(27-13-11-23(35)17-31(27)37)15-21-7-3-5-9-25(21)33(19)34-20(2)30(16-22-8-4-6-10-26(22)34)28-14-12-24(36)18-32(28)38/h3-18H,1-2H3. The first-order valence-electron chi connectivity index (χ1n) is 12.3. The number of hydrogen-bond acceptors (Lipinski definition) is 0. The summed E-state index contributed by atoms with van der Waals surface area (Å²) in [6.45, 7) is 3.86. The number of halogens is 4. The maximum absolute atomic E-state index is 15.0. The molecule has 4 heteroatoms. The van der Waals surface area contributed by atoms with E-state index in [-0.39, 0.29) is 0 Å². The van der Waals surface area contributed by atoms with Gasteiger partial charge >= 0.3 is 0 Å². The van der Waals surface area contributed by atoms with Gasteiger partial charge in [-0.25, -0.2) is 17.6 Å². The molecule has 0 unspecified atom stereocenters. The highest BCUT2D eigenvalue weighted by molar-refractivity contribution is 6.11. The molecule has 0 aromatic heterocycles. The van der Waals surface area contributed by atoms with Gasteiger partial charge in [-0.3, -0.25) is 0 Å². The predicted octanol–water partition coefficient (Wildman–Crippen LogP) is 10.2. The Morgan fingerprint density at radius 1 is 0.421 bits per heavy atom. The molecule has 6 rings (SSSR count). The number of rotatable bonds is 3. The molecule has 38 heavy (non-hydrogen) atoms. The van der Waals surface area contributed by atoms with Crippen LogP contribution in [0.5, 0.6) is 0 Å². The van der Waals surface area contributed by atoms with Crippen LogP contribution in [-0.2, 0) is 0 Å². The first-order valence-corrected chi connectivity index (χ1v) is 12.3. The summed E-state index contributed by atoms with van der Waals surface area (Å²) in [4.78, 5) is 0. The number of hydrogen-bond donors (Lipinski definition) is 0. The van der Waals surface area contributed by atoms with Crippen molar-refractivity contribution < 1.29 is 17.6 Å². The highest BCUT2D eigenvalue weighted by Crippen LogP contribution is 2.45. The lowest BCUT2D eigenvalue weighted by Gasteiger charge is -2.22. The van der Waals surface area contributed by atoms with Crippen molar-refractivity contribution in [3.05, 3.63) is 131 Å². The van der Waals surface area contributed by atoms with Crippen molar-refractivity contribution in [2.75, 3.05) is 0 Å². The van der Waals surface area contributed by atoms with E-state index in [1.807, 2.05) is 74.5 Å². The molecule has 0 fully saturated rings. The van der Waals surface area contributed by atoms with Gasteiger partial charge in [0.05, 0.1) is 0 Å². The average molecular weight is 507 g/mol. The van der Waals surface area contributed by atoms with Gasteiger partial charge in [-0.05, 0) is 105 Å². The number of fused-ring (bicyclic) bond motifs is 2. The third-order valence-corrected chi connectivity index (χ3v) is 7.31. The summed E-state index contributed by atoms with van der Waals surface area (Å²) in [7, 11) is 0. The maximum Gasteiger partial charge on any atom is 0.133 e. The fourth-order valence-electron chi connectivity index (χ4n) is 5.52. The molecule has 0 aliphatic carbocycles. The molecule has 6 aromatic rings. The zero-order valence-electron chi connectivity index (χ0n) is 20.7. The largest absolute Gasteiger partial charge is 0.207 e. The molecule has 0 radical (unpaired) electrons. The summed E-state index contributed by atoms with van der Waals surface area (Å²) in [5, 5.41) is 3.71. The van der Waals surface area contributed by atoms with Crippen molar-refractivity contribution in [1.82, 2.24) is 0 Å². The van der Waals surface area contributed by atoms with Gasteiger partial charge in [-0.1, -0.05) is 48.5 Å². The Morgan fingerprint density at radius 2 is 0.816 bits per heavy atom. The van der Waals surface area contributed by atoms with Gasteiger partial charge in [0.1, 0.15) is 23.3 Å². The zero-order valence-corrected chi connectivity index (χ0v) is 20.7. The Kier molecular flexibility index (Phi) is 5.76.